The molecule has 1 amide bonds. The fourth-order valence-corrected chi connectivity index (χ4v) is 4.79. The lowest BCUT2D eigenvalue weighted by Crippen LogP contribution is -2.41. The molecule has 4 atom stereocenters. The zero-order chi connectivity index (χ0) is 17.2. The average molecular weight is 342 g/mol. The molecule has 3 fully saturated rings. The summed E-state index contributed by atoms with van der Waals surface area (Å²) in [7, 11) is 0. The maximum Gasteiger partial charge on any atom is 0.228 e. The fourth-order valence-electron chi connectivity index (χ4n) is 4.79. The maximum atomic E-state index is 13.3. The van der Waals surface area contributed by atoms with Gasteiger partial charge < -0.3 is 15.0 Å². The number of aryl methyl sites for hydroxylation is 1. The van der Waals surface area contributed by atoms with Crippen molar-refractivity contribution in [3.63, 3.8) is 0 Å². The first-order valence-electron chi connectivity index (χ1n) is 9.90. The largest absolute Gasteiger partial charge is 0.373 e. The second-order valence-corrected chi connectivity index (χ2v) is 8.03. The molecule has 1 aromatic carbocycles. The van der Waals surface area contributed by atoms with E-state index in [4.69, 9.17) is 4.74 Å². The van der Waals surface area contributed by atoms with Crippen LogP contribution in [0.2, 0.25) is 0 Å². The summed E-state index contributed by atoms with van der Waals surface area (Å²) in [5.41, 5.74) is 2.40. The molecule has 25 heavy (non-hydrogen) atoms. The minimum atomic E-state index is -0.0775. The van der Waals surface area contributed by atoms with Gasteiger partial charge in [0, 0.05) is 19.7 Å². The summed E-state index contributed by atoms with van der Waals surface area (Å²) in [6, 6.07) is 8.50. The summed E-state index contributed by atoms with van der Waals surface area (Å²) in [6.45, 7) is 6.95. The summed E-state index contributed by atoms with van der Waals surface area (Å²) in [4.78, 5) is 15.4. The number of likely N-dealkylation sites (tertiary alicyclic amines) is 1. The Hall–Kier alpha value is -1.39. The van der Waals surface area contributed by atoms with Gasteiger partial charge in [-0.05, 0) is 63.1 Å². The minimum absolute atomic E-state index is 0.0208. The normalized spacial score (nSPS) is 32.9. The van der Waals surface area contributed by atoms with Crippen molar-refractivity contribution in [3.05, 3.63) is 35.4 Å². The molecule has 136 valence electrons. The van der Waals surface area contributed by atoms with E-state index in [0.29, 0.717) is 5.91 Å². The van der Waals surface area contributed by atoms with Gasteiger partial charge in [-0.1, -0.05) is 29.8 Å². The number of amides is 1. The molecule has 4 heteroatoms. The number of hydrogen-bond donors (Lipinski definition) is 1. The first-order chi connectivity index (χ1) is 12.2. The molecule has 0 aliphatic carbocycles. The van der Waals surface area contributed by atoms with Crippen LogP contribution in [0.25, 0.3) is 0 Å². The van der Waals surface area contributed by atoms with Crippen molar-refractivity contribution in [1.82, 2.24) is 10.2 Å². The predicted molar refractivity (Wildman–Crippen MR) is 98.3 cm³/mol. The van der Waals surface area contributed by atoms with Gasteiger partial charge in [-0.25, -0.2) is 0 Å². The molecule has 1 aromatic rings. The third-order valence-corrected chi connectivity index (χ3v) is 6.38. The fraction of sp³-hybridized carbons (Fsp3) is 0.667. The van der Waals surface area contributed by atoms with E-state index in [0.717, 1.165) is 75.9 Å². The SMILES string of the molecule is Cc1ccc(C2OCCCC2C(=O)N2CC[C@@H]3CNC[C@@H]3CC2)cc1. The van der Waals surface area contributed by atoms with Crippen molar-refractivity contribution >= 4 is 5.91 Å². The van der Waals surface area contributed by atoms with Crippen molar-refractivity contribution < 1.29 is 9.53 Å². The third-order valence-electron chi connectivity index (χ3n) is 6.38. The highest BCUT2D eigenvalue weighted by Gasteiger charge is 2.38. The Labute approximate surface area is 150 Å². The number of carbonyl (C=O) groups excluding carboxylic acids is 1. The van der Waals surface area contributed by atoms with E-state index in [9.17, 15) is 4.79 Å². The Kier molecular flexibility index (Phi) is 5.09. The molecule has 0 spiro atoms. The maximum absolute atomic E-state index is 13.3. The van der Waals surface area contributed by atoms with Crippen LogP contribution in [-0.4, -0.2) is 43.6 Å². The molecule has 0 saturated carbocycles. The van der Waals surface area contributed by atoms with E-state index in [-0.39, 0.29) is 12.0 Å². The molecule has 0 bridgehead atoms. The van der Waals surface area contributed by atoms with Crippen molar-refractivity contribution in [1.29, 1.82) is 0 Å². The van der Waals surface area contributed by atoms with Crippen molar-refractivity contribution in [2.24, 2.45) is 17.8 Å². The molecule has 1 N–H and O–H groups in total. The zero-order valence-electron chi connectivity index (χ0n) is 15.2. The lowest BCUT2D eigenvalue weighted by molar-refractivity contribution is -0.145. The molecule has 4 nitrogen and oxygen atoms in total. The van der Waals surface area contributed by atoms with Gasteiger partial charge in [0.25, 0.3) is 0 Å². The number of rotatable bonds is 2. The average Bonchev–Trinajstić information content (AvgIpc) is 3.00. The summed E-state index contributed by atoms with van der Waals surface area (Å²) >= 11 is 0. The lowest BCUT2D eigenvalue weighted by atomic mass is 9.88. The number of ether oxygens (including phenoxy) is 1. The molecule has 3 aliphatic heterocycles. The van der Waals surface area contributed by atoms with Gasteiger partial charge >= 0.3 is 0 Å². The monoisotopic (exact) mass is 342 g/mol. The first kappa shape index (κ1) is 17.0. The van der Waals surface area contributed by atoms with Crippen LogP contribution in [0.3, 0.4) is 0 Å². The Morgan fingerprint density at radius 2 is 1.76 bits per heavy atom. The van der Waals surface area contributed by atoms with Crippen LogP contribution in [0.4, 0.5) is 0 Å². The summed E-state index contributed by atoms with van der Waals surface area (Å²) in [5.74, 6) is 1.81. The van der Waals surface area contributed by atoms with E-state index in [2.05, 4.69) is 41.4 Å². The van der Waals surface area contributed by atoms with Crippen LogP contribution in [0.5, 0.6) is 0 Å². The van der Waals surface area contributed by atoms with Crippen molar-refractivity contribution in [2.45, 2.75) is 38.7 Å². The van der Waals surface area contributed by atoms with E-state index in [1.165, 1.54) is 5.56 Å². The van der Waals surface area contributed by atoms with Gasteiger partial charge in [0.05, 0.1) is 12.0 Å². The Morgan fingerprint density at radius 1 is 1.08 bits per heavy atom. The van der Waals surface area contributed by atoms with Gasteiger partial charge in [0.1, 0.15) is 0 Å². The Morgan fingerprint density at radius 3 is 2.44 bits per heavy atom. The summed E-state index contributed by atoms with van der Waals surface area (Å²) < 4.78 is 6.08. The third kappa shape index (κ3) is 3.61. The van der Waals surface area contributed by atoms with Crippen LogP contribution in [0.1, 0.15) is 42.9 Å². The Balaban J connectivity index is 1.48. The minimum Gasteiger partial charge on any atom is -0.373 e. The van der Waals surface area contributed by atoms with Gasteiger partial charge in [-0.15, -0.1) is 0 Å². The zero-order valence-corrected chi connectivity index (χ0v) is 15.2. The molecule has 3 heterocycles. The molecule has 3 aliphatic rings. The van der Waals surface area contributed by atoms with Gasteiger partial charge in [-0.2, -0.15) is 0 Å². The van der Waals surface area contributed by atoms with E-state index < -0.39 is 0 Å². The number of nitrogens with one attached hydrogen (secondary N) is 1. The topological polar surface area (TPSA) is 41.6 Å². The number of fused-ring (bicyclic) bond motifs is 1. The van der Waals surface area contributed by atoms with Crippen LogP contribution >= 0.6 is 0 Å². The van der Waals surface area contributed by atoms with Gasteiger partial charge in [0.2, 0.25) is 5.91 Å². The predicted octanol–water partition coefficient (Wildman–Crippen LogP) is 2.92. The van der Waals surface area contributed by atoms with Gasteiger partial charge in [-0.3, -0.25) is 4.79 Å². The molecule has 3 saturated heterocycles. The number of benzene rings is 1. The first-order valence-corrected chi connectivity index (χ1v) is 9.90. The number of nitrogens with zero attached hydrogens (tertiary/aromatic N) is 1. The summed E-state index contributed by atoms with van der Waals surface area (Å²) in [6.07, 6.45) is 4.15. The molecule has 4 rings (SSSR count). The number of carbonyl (C=O) groups is 1. The number of hydrogen-bond acceptors (Lipinski definition) is 3. The van der Waals surface area contributed by atoms with Crippen LogP contribution < -0.4 is 5.32 Å². The molecule has 0 aromatic heterocycles. The highest BCUT2D eigenvalue weighted by molar-refractivity contribution is 5.80. The summed E-state index contributed by atoms with van der Waals surface area (Å²) in [5, 5.41) is 3.51. The van der Waals surface area contributed by atoms with E-state index >= 15 is 0 Å². The van der Waals surface area contributed by atoms with Crippen LogP contribution in [0, 0.1) is 24.7 Å². The van der Waals surface area contributed by atoms with Crippen molar-refractivity contribution in [3.8, 4) is 0 Å². The molecular formula is C21H30N2O2. The van der Waals surface area contributed by atoms with Crippen molar-refractivity contribution in [2.75, 3.05) is 32.8 Å². The molecule has 0 radical (unpaired) electrons. The highest BCUT2D eigenvalue weighted by atomic mass is 16.5. The van der Waals surface area contributed by atoms with Crippen LogP contribution in [0.15, 0.2) is 24.3 Å². The molecular weight excluding hydrogens is 312 g/mol. The quantitative estimate of drug-likeness (QED) is 0.898. The molecule has 2 unspecified atom stereocenters. The lowest BCUT2D eigenvalue weighted by Gasteiger charge is -2.35. The smallest absolute Gasteiger partial charge is 0.228 e. The Bertz CT molecular complexity index is 586. The second-order valence-electron chi connectivity index (χ2n) is 8.03. The highest BCUT2D eigenvalue weighted by Crippen LogP contribution is 2.36. The van der Waals surface area contributed by atoms with Crippen LogP contribution in [-0.2, 0) is 9.53 Å². The van der Waals surface area contributed by atoms with E-state index in [1.807, 2.05) is 0 Å². The second kappa shape index (κ2) is 7.46. The van der Waals surface area contributed by atoms with Gasteiger partial charge in [0.15, 0.2) is 0 Å². The standard InChI is InChI=1S/C21H30N2O2/c1-15-4-6-16(7-5-15)20-19(3-2-12-25-20)21(24)23-10-8-17-13-22-14-18(17)9-11-23/h4-7,17-20,22H,2-3,8-14H2,1H3/t17-,18+,19?,20?. The van der Waals surface area contributed by atoms with E-state index in [1.54, 1.807) is 0 Å².